The second-order valence-corrected chi connectivity index (χ2v) is 5.25. The summed E-state index contributed by atoms with van der Waals surface area (Å²) in [6.07, 6.45) is 12.5. The molecule has 0 amide bonds. The molecule has 0 atom stereocenters. The van der Waals surface area contributed by atoms with Gasteiger partial charge in [-0.2, -0.15) is 0 Å². The van der Waals surface area contributed by atoms with E-state index in [-0.39, 0.29) is 5.69 Å². The van der Waals surface area contributed by atoms with Gasteiger partial charge in [-0.05, 0) is 24.3 Å². The maximum Gasteiger partial charge on any atom is 0.277 e. The van der Waals surface area contributed by atoms with Gasteiger partial charge in [0, 0.05) is 34.5 Å². The van der Waals surface area contributed by atoms with Crippen LogP contribution in [0.1, 0.15) is 11.1 Å². The summed E-state index contributed by atoms with van der Waals surface area (Å²) in [6.45, 7) is 0. The molecule has 0 bridgehead atoms. The summed E-state index contributed by atoms with van der Waals surface area (Å²) in [4.78, 5) is 15.4. The molecule has 2 aromatic carbocycles. The number of nitro groups is 1. The molecule has 4 nitrogen and oxygen atoms in total. The zero-order valence-corrected chi connectivity index (χ0v) is 13.1. The van der Waals surface area contributed by atoms with Crippen LogP contribution in [-0.2, 0) is 0 Å². The minimum Gasteiger partial charge on any atom is -0.258 e. The molecule has 0 fully saturated rings. The normalized spacial score (nSPS) is 9.84. The van der Waals surface area contributed by atoms with Crippen LogP contribution in [0.2, 0.25) is 0 Å². The monoisotopic (exact) mass is 324 g/mol. The van der Waals surface area contributed by atoms with Gasteiger partial charge in [0.1, 0.15) is 0 Å². The van der Waals surface area contributed by atoms with Crippen LogP contribution in [-0.4, -0.2) is 9.91 Å². The van der Waals surface area contributed by atoms with Crippen LogP contribution in [0.3, 0.4) is 0 Å². The molecular formula is C21H12N2O2. The molecular weight excluding hydrogens is 312 g/mol. The first-order valence-corrected chi connectivity index (χ1v) is 7.41. The Bertz CT molecular complexity index is 1060. The third-order valence-corrected chi connectivity index (χ3v) is 3.79. The Hall–Kier alpha value is -3.89. The zero-order valence-electron chi connectivity index (χ0n) is 13.1. The van der Waals surface area contributed by atoms with Gasteiger partial charge in [0.15, 0.2) is 0 Å². The van der Waals surface area contributed by atoms with E-state index < -0.39 is 4.92 Å². The molecule has 0 saturated heterocycles. The van der Waals surface area contributed by atoms with E-state index in [1.165, 1.54) is 6.07 Å². The molecule has 0 aliphatic carbocycles. The number of hydrogen-bond donors (Lipinski definition) is 0. The van der Waals surface area contributed by atoms with Crippen LogP contribution in [0.25, 0.3) is 22.4 Å². The topological polar surface area (TPSA) is 56.0 Å². The number of terminal acetylenes is 2. The Morgan fingerprint density at radius 1 is 0.960 bits per heavy atom. The average Bonchev–Trinajstić information content (AvgIpc) is 2.67. The zero-order chi connectivity index (χ0) is 17.8. The van der Waals surface area contributed by atoms with Gasteiger partial charge in [0.05, 0.1) is 16.2 Å². The highest BCUT2D eigenvalue weighted by Gasteiger charge is 2.18. The second-order valence-electron chi connectivity index (χ2n) is 5.25. The molecule has 118 valence electrons. The van der Waals surface area contributed by atoms with Gasteiger partial charge in [-0.1, -0.05) is 36.1 Å². The number of pyridine rings is 1. The molecule has 0 aliphatic heterocycles. The van der Waals surface area contributed by atoms with E-state index in [0.29, 0.717) is 33.5 Å². The molecule has 4 heteroatoms. The molecule has 0 spiro atoms. The number of aromatic nitrogens is 1. The highest BCUT2D eigenvalue weighted by Crippen LogP contribution is 2.35. The summed E-state index contributed by atoms with van der Waals surface area (Å²) in [5.74, 6) is 5.10. The van der Waals surface area contributed by atoms with Crippen molar-refractivity contribution >= 4 is 5.69 Å². The third-order valence-electron chi connectivity index (χ3n) is 3.79. The highest BCUT2D eigenvalue weighted by molar-refractivity contribution is 5.81. The van der Waals surface area contributed by atoms with Gasteiger partial charge in [-0.3, -0.25) is 15.1 Å². The first-order valence-electron chi connectivity index (χ1n) is 7.41. The Kier molecular flexibility index (Phi) is 4.28. The maximum absolute atomic E-state index is 11.6. The Morgan fingerprint density at radius 3 is 2.48 bits per heavy atom. The fraction of sp³-hybridized carbons (Fsp3) is 0. The minimum atomic E-state index is -0.419. The van der Waals surface area contributed by atoms with Gasteiger partial charge in [0.2, 0.25) is 0 Å². The average molecular weight is 324 g/mol. The lowest BCUT2D eigenvalue weighted by Crippen LogP contribution is -1.95. The molecule has 25 heavy (non-hydrogen) atoms. The summed E-state index contributed by atoms with van der Waals surface area (Å²) in [6, 6.07) is 15.5. The van der Waals surface area contributed by atoms with Crippen molar-refractivity contribution in [3.63, 3.8) is 0 Å². The van der Waals surface area contributed by atoms with E-state index in [4.69, 9.17) is 12.8 Å². The van der Waals surface area contributed by atoms with Crippen molar-refractivity contribution < 1.29 is 4.92 Å². The minimum absolute atomic E-state index is 0.0342. The van der Waals surface area contributed by atoms with E-state index >= 15 is 0 Å². The summed E-state index contributed by atoms with van der Waals surface area (Å²) in [7, 11) is 0. The molecule has 0 saturated carbocycles. The predicted octanol–water partition coefficient (Wildman–Crippen LogP) is 4.29. The highest BCUT2D eigenvalue weighted by atomic mass is 16.6. The van der Waals surface area contributed by atoms with Crippen LogP contribution in [0.4, 0.5) is 5.69 Å². The van der Waals surface area contributed by atoms with Crippen molar-refractivity contribution in [2.45, 2.75) is 0 Å². The maximum atomic E-state index is 11.6. The number of benzene rings is 2. The third kappa shape index (κ3) is 3.10. The van der Waals surface area contributed by atoms with E-state index in [1.807, 2.05) is 0 Å². The number of nitro benzene ring substituents is 1. The lowest BCUT2D eigenvalue weighted by Gasteiger charge is -2.08. The Labute approximate surface area is 145 Å². The van der Waals surface area contributed by atoms with Crippen LogP contribution < -0.4 is 0 Å². The van der Waals surface area contributed by atoms with E-state index in [9.17, 15) is 10.1 Å². The molecule has 1 aromatic heterocycles. The first kappa shape index (κ1) is 16.0. The Morgan fingerprint density at radius 2 is 1.76 bits per heavy atom. The number of rotatable bonds is 3. The van der Waals surface area contributed by atoms with Crippen molar-refractivity contribution in [1.29, 1.82) is 0 Å². The van der Waals surface area contributed by atoms with Crippen molar-refractivity contribution in [2.24, 2.45) is 0 Å². The second kappa shape index (κ2) is 6.70. The molecule has 0 aliphatic rings. The van der Waals surface area contributed by atoms with E-state index in [2.05, 4.69) is 16.8 Å². The smallest absolute Gasteiger partial charge is 0.258 e. The molecule has 0 radical (unpaired) electrons. The first-order chi connectivity index (χ1) is 12.1. The largest absolute Gasteiger partial charge is 0.277 e. The van der Waals surface area contributed by atoms with Gasteiger partial charge in [-0.25, -0.2) is 0 Å². The van der Waals surface area contributed by atoms with E-state index in [1.54, 1.807) is 54.7 Å². The van der Waals surface area contributed by atoms with Gasteiger partial charge in [0.25, 0.3) is 5.69 Å². The summed E-state index contributed by atoms with van der Waals surface area (Å²) < 4.78 is 0. The van der Waals surface area contributed by atoms with E-state index in [0.717, 1.165) is 0 Å². The van der Waals surface area contributed by atoms with Crippen LogP contribution in [0, 0.1) is 34.8 Å². The SMILES string of the molecule is C#Cc1ccnc(-c2ccc(-c3ccccc3C#C)c([N+](=O)[O-])c2)c1. The van der Waals surface area contributed by atoms with Gasteiger partial charge in [-0.15, -0.1) is 12.8 Å². The van der Waals surface area contributed by atoms with Crippen LogP contribution >= 0.6 is 0 Å². The Balaban J connectivity index is 2.19. The predicted molar refractivity (Wildman–Crippen MR) is 97.6 cm³/mol. The summed E-state index contributed by atoms with van der Waals surface area (Å²) >= 11 is 0. The lowest BCUT2D eigenvalue weighted by molar-refractivity contribution is -0.384. The van der Waals surface area contributed by atoms with Crippen molar-refractivity contribution in [2.75, 3.05) is 0 Å². The molecule has 0 unspecified atom stereocenters. The lowest BCUT2D eigenvalue weighted by atomic mass is 9.96. The molecule has 0 N–H and O–H groups in total. The molecule has 3 aromatic rings. The van der Waals surface area contributed by atoms with Gasteiger partial charge < -0.3 is 0 Å². The fourth-order valence-corrected chi connectivity index (χ4v) is 2.59. The van der Waals surface area contributed by atoms with Crippen molar-refractivity contribution in [3.05, 3.63) is 82.0 Å². The molecule has 3 rings (SSSR count). The van der Waals surface area contributed by atoms with Crippen LogP contribution in [0.5, 0.6) is 0 Å². The standard InChI is InChI=1S/C21H12N2O2/c1-3-15-11-12-22-20(13-15)17-9-10-19(21(14-17)23(24)25)18-8-6-5-7-16(18)4-2/h1-2,5-14H. The fourth-order valence-electron chi connectivity index (χ4n) is 2.59. The quantitative estimate of drug-likeness (QED) is 0.410. The number of hydrogen-bond acceptors (Lipinski definition) is 3. The summed E-state index contributed by atoms with van der Waals surface area (Å²) in [5, 5.41) is 11.6. The van der Waals surface area contributed by atoms with Crippen LogP contribution in [0.15, 0.2) is 60.8 Å². The van der Waals surface area contributed by atoms with Crippen molar-refractivity contribution in [1.82, 2.24) is 4.98 Å². The molecule has 1 heterocycles. The van der Waals surface area contributed by atoms with Crippen molar-refractivity contribution in [3.8, 4) is 47.1 Å². The number of nitrogens with zero attached hydrogens (tertiary/aromatic N) is 2. The summed E-state index contributed by atoms with van der Waals surface area (Å²) in [5.41, 5.74) is 3.54. The van der Waals surface area contributed by atoms with Gasteiger partial charge >= 0.3 is 0 Å².